The van der Waals surface area contributed by atoms with Gasteiger partial charge in [0, 0.05) is 43.9 Å². The Morgan fingerprint density at radius 1 is 1.02 bits per heavy atom. The molecule has 1 aliphatic rings. The van der Waals surface area contributed by atoms with Crippen molar-refractivity contribution >= 4 is 5.82 Å². The standard InChI is InChI=1S/C33H36N10/c1-22-6-11-28(33-41-37-21-42(33)3)29(14-22)25-15-30(36-13-5-4-12-34)40-31(16-25)43-20-26(18-38-43)32-23(2)7-10-27(39-32)19-35-17-24-8-9-24/h6-7,10-11,14-16,18,20-21,24,35H,4-5,8-9,13,17,19H2,1-3H3,(H,36,40). The fraction of sp³-hybridized carbons (Fsp3) is 0.333. The minimum Gasteiger partial charge on any atom is -0.370 e. The maximum Gasteiger partial charge on any atom is 0.164 e. The van der Waals surface area contributed by atoms with E-state index in [0.29, 0.717) is 24.6 Å². The normalized spacial score (nSPS) is 12.8. The van der Waals surface area contributed by atoms with Crippen LogP contribution in [-0.4, -0.2) is 47.6 Å². The summed E-state index contributed by atoms with van der Waals surface area (Å²) in [6.07, 6.45) is 9.42. The molecule has 1 fully saturated rings. The lowest BCUT2D eigenvalue weighted by Crippen LogP contribution is -2.17. The Morgan fingerprint density at radius 3 is 2.70 bits per heavy atom. The van der Waals surface area contributed by atoms with Gasteiger partial charge in [0.15, 0.2) is 11.6 Å². The molecule has 218 valence electrons. The Labute approximate surface area is 251 Å². The second-order valence-electron chi connectivity index (χ2n) is 11.3. The van der Waals surface area contributed by atoms with Gasteiger partial charge in [0.1, 0.15) is 12.1 Å². The smallest absolute Gasteiger partial charge is 0.164 e. The number of aryl methyl sites for hydroxylation is 3. The number of nitrogens with one attached hydrogen (secondary N) is 2. The van der Waals surface area contributed by atoms with E-state index in [0.717, 1.165) is 76.0 Å². The van der Waals surface area contributed by atoms with Gasteiger partial charge in [0.2, 0.25) is 0 Å². The van der Waals surface area contributed by atoms with Crippen LogP contribution in [0.5, 0.6) is 0 Å². The number of hydrogen-bond acceptors (Lipinski definition) is 8. The summed E-state index contributed by atoms with van der Waals surface area (Å²) < 4.78 is 3.72. The first kappa shape index (κ1) is 28.2. The van der Waals surface area contributed by atoms with Crippen LogP contribution in [0.25, 0.3) is 39.6 Å². The Balaban J connectivity index is 1.36. The summed E-state index contributed by atoms with van der Waals surface area (Å²) >= 11 is 0. The van der Waals surface area contributed by atoms with Gasteiger partial charge in [-0.05, 0) is 80.5 Å². The molecule has 5 aromatic rings. The number of rotatable bonds is 12. The quantitative estimate of drug-likeness (QED) is 0.185. The van der Waals surface area contributed by atoms with Crippen LogP contribution in [0.1, 0.15) is 42.5 Å². The van der Waals surface area contributed by atoms with Gasteiger partial charge < -0.3 is 15.2 Å². The number of anilines is 1. The first-order valence-corrected chi connectivity index (χ1v) is 14.8. The van der Waals surface area contributed by atoms with Crippen molar-refractivity contribution in [1.29, 1.82) is 5.26 Å². The molecule has 0 atom stereocenters. The van der Waals surface area contributed by atoms with E-state index in [1.54, 1.807) is 11.0 Å². The van der Waals surface area contributed by atoms with E-state index in [2.05, 4.69) is 71.1 Å². The topological polar surface area (TPSA) is 122 Å². The summed E-state index contributed by atoms with van der Waals surface area (Å²) in [4.78, 5) is 9.89. The number of nitrogens with zero attached hydrogens (tertiary/aromatic N) is 8. The molecule has 6 rings (SSSR count). The molecule has 1 aliphatic carbocycles. The fourth-order valence-corrected chi connectivity index (χ4v) is 5.14. The zero-order valence-electron chi connectivity index (χ0n) is 24.9. The fourth-order valence-electron chi connectivity index (χ4n) is 5.14. The third kappa shape index (κ3) is 6.63. The highest BCUT2D eigenvalue weighted by molar-refractivity contribution is 5.83. The van der Waals surface area contributed by atoms with Crippen LogP contribution < -0.4 is 10.6 Å². The SMILES string of the molecule is Cc1ccc(-c2nncn2C)c(-c2cc(NCCCC#N)nc(-n3cc(-c4nc(CNCC5CC5)ccc4C)cn3)c2)c1. The van der Waals surface area contributed by atoms with E-state index in [-0.39, 0.29) is 0 Å². The molecule has 0 amide bonds. The summed E-state index contributed by atoms with van der Waals surface area (Å²) in [5, 5.41) is 29.1. The molecule has 4 aromatic heterocycles. The molecule has 0 spiro atoms. The average Bonchev–Trinajstić information content (AvgIpc) is 3.52. The summed E-state index contributed by atoms with van der Waals surface area (Å²) in [5.74, 6) is 3.00. The highest BCUT2D eigenvalue weighted by atomic mass is 15.3. The van der Waals surface area contributed by atoms with Crippen LogP contribution in [0.2, 0.25) is 0 Å². The molecule has 0 radical (unpaired) electrons. The monoisotopic (exact) mass is 572 g/mol. The zero-order chi connectivity index (χ0) is 29.8. The van der Waals surface area contributed by atoms with Crippen molar-refractivity contribution in [2.75, 3.05) is 18.4 Å². The third-order valence-corrected chi connectivity index (χ3v) is 7.70. The van der Waals surface area contributed by atoms with E-state index in [9.17, 15) is 0 Å². The van der Waals surface area contributed by atoms with Crippen LogP contribution in [0.15, 0.2) is 61.2 Å². The minimum atomic E-state index is 0.484. The van der Waals surface area contributed by atoms with Crippen molar-refractivity contribution in [3.05, 3.63) is 78.0 Å². The highest BCUT2D eigenvalue weighted by Gasteiger charge is 2.20. The van der Waals surface area contributed by atoms with E-state index in [1.807, 2.05) is 36.1 Å². The maximum absolute atomic E-state index is 8.99. The lowest BCUT2D eigenvalue weighted by molar-refractivity contribution is 0.630. The predicted octanol–water partition coefficient (Wildman–Crippen LogP) is 5.62. The Bertz CT molecular complexity index is 1770. The average molecular weight is 573 g/mol. The summed E-state index contributed by atoms with van der Waals surface area (Å²) in [5.41, 5.74) is 8.09. The van der Waals surface area contributed by atoms with Crippen LogP contribution in [0.3, 0.4) is 0 Å². The van der Waals surface area contributed by atoms with Gasteiger partial charge in [0.25, 0.3) is 0 Å². The van der Waals surface area contributed by atoms with Crippen LogP contribution in [-0.2, 0) is 13.6 Å². The number of nitriles is 1. The Kier molecular flexibility index (Phi) is 8.24. The summed E-state index contributed by atoms with van der Waals surface area (Å²) in [6, 6.07) is 16.8. The molecular weight excluding hydrogens is 536 g/mol. The number of unbranched alkanes of at least 4 members (excludes halogenated alkanes) is 1. The Morgan fingerprint density at radius 2 is 1.91 bits per heavy atom. The van der Waals surface area contributed by atoms with Gasteiger partial charge in [-0.1, -0.05) is 29.8 Å². The molecule has 2 N–H and O–H groups in total. The Hall–Kier alpha value is -4.88. The summed E-state index contributed by atoms with van der Waals surface area (Å²) in [6.45, 7) is 6.61. The highest BCUT2D eigenvalue weighted by Crippen LogP contribution is 2.34. The number of hydrogen-bond donors (Lipinski definition) is 2. The van der Waals surface area contributed by atoms with Gasteiger partial charge in [-0.2, -0.15) is 10.4 Å². The second kappa shape index (κ2) is 12.5. The lowest BCUT2D eigenvalue weighted by atomic mass is 9.97. The van der Waals surface area contributed by atoms with Crippen LogP contribution in [0.4, 0.5) is 5.82 Å². The van der Waals surface area contributed by atoms with Crippen molar-refractivity contribution in [1.82, 2.24) is 39.8 Å². The van der Waals surface area contributed by atoms with Gasteiger partial charge in [-0.25, -0.2) is 9.67 Å². The molecule has 0 saturated heterocycles. The molecule has 1 aromatic carbocycles. The number of pyridine rings is 2. The minimum absolute atomic E-state index is 0.484. The van der Waals surface area contributed by atoms with E-state index in [1.165, 1.54) is 12.8 Å². The summed E-state index contributed by atoms with van der Waals surface area (Å²) in [7, 11) is 1.94. The largest absolute Gasteiger partial charge is 0.370 e. The number of aromatic nitrogens is 7. The van der Waals surface area contributed by atoms with Gasteiger partial charge in [-0.3, -0.25) is 4.98 Å². The van der Waals surface area contributed by atoms with E-state index < -0.39 is 0 Å². The molecule has 10 heteroatoms. The zero-order valence-corrected chi connectivity index (χ0v) is 24.9. The molecule has 0 bridgehead atoms. The van der Waals surface area contributed by atoms with Gasteiger partial charge in [0.05, 0.1) is 23.7 Å². The van der Waals surface area contributed by atoms with Crippen molar-refractivity contribution in [3.8, 4) is 45.7 Å². The van der Waals surface area contributed by atoms with Crippen molar-refractivity contribution in [2.45, 2.75) is 46.1 Å². The van der Waals surface area contributed by atoms with Gasteiger partial charge in [-0.15, -0.1) is 10.2 Å². The van der Waals surface area contributed by atoms with Crippen molar-refractivity contribution < 1.29 is 0 Å². The molecule has 0 aliphatic heterocycles. The third-order valence-electron chi connectivity index (χ3n) is 7.70. The predicted molar refractivity (Wildman–Crippen MR) is 167 cm³/mol. The van der Waals surface area contributed by atoms with E-state index in [4.69, 9.17) is 20.3 Å². The molecular formula is C33H36N10. The van der Waals surface area contributed by atoms with E-state index >= 15 is 0 Å². The molecule has 4 heterocycles. The van der Waals surface area contributed by atoms with Crippen molar-refractivity contribution in [3.63, 3.8) is 0 Å². The van der Waals surface area contributed by atoms with Gasteiger partial charge >= 0.3 is 0 Å². The first-order valence-electron chi connectivity index (χ1n) is 14.8. The first-order chi connectivity index (χ1) is 21.0. The molecule has 10 nitrogen and oxygen atoms in total. The molecule has 0 unspecified atom stereocenters. The molecule has 1 saturated carbocycles. The lowest BCUT2D eigenvalue weighted by Gasteiger charge is -2.14. The molecule has 43 heavy (non-hydrogen) atoms. The number of benzene rings is 1. The van der Waals surface area contributed by atoms with Crippen LogP contribution >= 0.6 is 0 Å². The van der Waals surface area contributed by atoms with Crippen molar-refractivity contribution in [2.24, 2.45) is 13.0 Å². The maximum atomic E-state index is 8.99. The second-order valence-corrected chi connectivity index (χ2v) is 11.3. The van der Waals surface area contributed by atoms with Crippen LogP contribution in [0, 0.1) is 31.1 Å².